The summed E-state index contributed by atoms with van der Waals surface area (Å²) in [6.07, 6.45) is 1.36. The van der Waals surface area contributed by atoms with Crippen LogP contribution in [0.1, 0.15) is 5.69 Å². The fraction of sp³-hybridized carbons (Fsp3) is 0.375. The standard InChI is InChI=1S/C8H12N6O4/c9-5(7(16)17)1-4-2-14(13-12-4)3-6(15)11-8(10)18/h2,5H,1,3,9H2,(H,16,17)(H3,10,11,15,18). The molecular formula is C8H12N6O4. The molecule has 6 N–H and O–H groups in total. The molecular weight excluding hydrogens is 244 g/mol. The molecule has 0 aliphatic carbocycles. The minimum absolute atomic E-state index is 0.00717. The Labute approximate surface area is 101 Å². The second-order valence-electron chi connectivity index (χ2n) is 3.47. The maximum atomic E-state index is 11.1. The number of carbonyl (C=O) groups is 3. The van der Waals surface area contributed by atoms with Crippen molar-refractivity contribution in [2.45, 2.75) is 19.0 Å². The second-order valence-corrected chi connectivity index (χ2v) is 3.47. The molecule has 1 rings (SSSR count). The molecule has 0 spiro atoms. The molecule has 0 bridgehead atoms. The summed E-state index contributed by atoms with van der Waals surface area (Å²) in [5, 5.41) is 17.7. The number of hydrogen-bond donors (Lipinski definition) is 4. The molecule has 98 valence electrons. The van der Waals surface area contributed by atoms with Crippen molar-refractivity contribution in [1.29, 1.82) is 0 Å². The van der Waals surface area contributed by atoms with Crippen LogP contribution in [0.5, 0.6) is 0 Å². The Hall–Kier alpha value is -2.49. The topological polar surface area (TPSA) is 166 Å². The van der Waals surface area contributed by atoms with E-state index in [2.05, 4.69) is 10.3 Å². The molecule has 0 radical (unpaired) electrons. The lowest BCUT2D eigenvalue weighted by molar-refractivity contribution is -0.138. The highest BCUT2D eigenvalue weighted by molar-refractivity contribution is 5.93. The number of aliphatic carboxylic acids is 1. The van der Waals surface area contributed by atoms with Gasteiger partial charge in [-0.3, -0.25) is 14.9 Å². The Morgan fingerprint density at radius 1 is 1.50 bits per heavy atom. The lowest BCUT2D eigenvalue weighted by atomic mass is 10.2. The van der Waals surface area contributed by atoms with Crippen molar-refractivity contribution >= 4 is 17.9 Å². The number of carbonyl (C=O) groups excluding carboxylic acids is 2. The van der Waals surface area contributed by atoms with E-state index in [4.69, 9.17) is 16.6 Å². The summed E-state index contributed by atoms with van der Waals surface area (Å²) < 4.78 is 1.14. The van der Waals surface area contributed by atoms with Crippen LogP contribution < -0.4 is 16.8 Å². The molecule has 1 atom stereocenters. The molecule has 0 aliphatic rings. The summed E-state index contributed by atoms with van der Waals surface area (Å²) in [6.45, 7) is -0.252. The van der Waals surface area contributed by atoms with E-state index in [0.29, 0.717) is 5.69 Å². The van der Waals surface area contributed by atoms with Gasteiger partial charge in [-0.1, -0.05) is 5.21 Å². The molecule has 18 heavy (non-hydrogen) atoms. The van der Waals surface area contributed by atoms with Gasteiger partial charge in [0.25, 0.3) is 0 Å². The van der Waals surface area contributed by atoms with Crippen molar-refractivity contribution in [3.63, 3.8) is 0 Å². The van der Waals surface area contributed by atoms with E-state index in [1.807, 2.05) is 5.32 Å². The molecule has 1 aromatic rings. The Morgan fingerprint density at radius 2 is 2.17 bits per heavy atom. The van der Waals surface area contributed by atoms with E-state index >= 15 is 0 Å². The van der Waals surface area contributed by atoms with Crippen LogP contribution in [-0.4, -0.2) is 44.0 Å². The molecule has 1 heterocycles. The van der Waals surface area contributed by atoms with E-state index in [1.54, 1.807) is 0 Å². The molecule has 10 heteroatoms. The van der Waals surface area contributed by atoms with E-state index in [-0.39, 0.29) is 13.0 Å². The van der Waals surface area contributed by atoms with Gasteiger partial charge in [-0.2, -0.15) is 0 Å². The number of hydrogen-bond acceptors (Lipinski definition) is 6. The number of primary amides is 1. The van der Waals surface area contributed by atoms with Gasteiger partial charge in [-0.15, -0.1) is 5.10 Å². The predicted octanol–water partition coefficient (Wildman–Crippen LogP) is -2.57. The number of amides is 3. The van der Waals surface area contributed by atoms with Gasteiger partial charge >= 0.3 is 12.0 Å². The van der Waals surface area contributed by atoms with Gasteiger partial charge in [0.1, 0.15) is 12.6 Å². The zero-order valence-electron chi connectivity index (χ0n) is 9.24. The molecule has 0 aliphatic heterocycles. The summed E-state index contributed by atoms with van der Waals surface area (Å²) in [5.41, 5.74) is 10.4. The first-order chi connectivity index (χ1) is 8.38. The Bertz CT molecular complexity index is 470. The van der Waals surface area contributed by atoms with Gasteiger partial charge in [0, 0.05) is 12.6 Å². The molecule has 0 aromatic carbocycles. The van der Waals surface area contributed by atoms with Crippen molar-refractivity contribution in [2.24, 2.45) is 11.5 Å². The minimum Gasteiger partial charge on any atom is -0.480 e. The monoisotopic (exact) mass is 256 g/mol. The zero-order chi connectivity index (χ0) is 13.7. The van der Waals surface area contributed by atoms with E-state index in [9.17, 15) is 14.4 Å². The molecule has 10 nitrogen and oxygen atoms in total. The summed E-state index contributed by atoms with van der Waals surface area (Å²) in [5.74, 6) is -1.81. The number of carboxylic acids is 1. The summed E-state index contributed by atoms with van der Waals surface area (Å²) in [7, 11) is 0. The SMILES string of the molecule is NC(=O)NC(=O)Cn1cc(CC(N)C(=O)O)nn1. The van der Waals surface area contributed by atoms with Crippen LogP contribution in [0, 0.1) is 0 Å². The highest BCUT2D eigenvalue weighted by atomic mass is 16.4. The van der Waals surface area contributed by atoms with Crippen LogP contribution >= 0.6 is 0 Å². The Morgan fingerprint density at radius 3 is 2.72 bits per heavy atom. The number of nitrogens with one attached hydrogen (secondary N) is 1. The quantitative estimate of drug-likeness (QED) is 0.449. The lowest BCUT2D eigenvalue weighted by Crippen LogP contribution is -2.37. The van der Waals surface area contributed by atoms with Crippen molar-refractivity contribution < 1.29 is 19.5 Å². The highest BCUT2D eigenvalue weighted by Crippen LogP contribution is 1.97. The smallest absolute Gasteiger partial charge is 0.320 e. The van der Waals surface area contributed by atoms with Crippen LogP contribution in [-0.2, 0) is 22.6 Å². The minimum atomic E-state index is -1.16. The van der Waals surface area contributed by atoms with Crippen LogP contribution in [0.25, 0.3) is 0 Å². The first-order valence-corrected chi connectivity index (χ1v) is 4.85. The van der Waals surface area contributed by atoms with Gasteiger partial charge < -0.3 is 16.6 Å². The number of nitrogens with zero attached hydrogens (tertiary/aromatic N) is 3. The van der Waals surface area contributed by atoms with Crippen molar-refractivity contribution in [3.8, 4) is 0 Å². The average Bonchev–Trinajstić information content (AvgIpc) is 2.63. The summed E-state index contributed by atoms with van der Waals surface area (Å²) >= 11 is 0. The third-order valence-electron chi connectivity index (χ3n) is 1.90. The fourth-order valence-corrected chi connectivity index (χ4v) is 1.15. The predicted molar refractivity (Wildman–Crippen MR) is 57.1 cm³/mol. The number of rotatable bonds is 5. The van der Waals surface area contributed by atoms with Crippen LogP contribution in [0.4, 0.5) is 4.79 Å². The normalized spacial score (nSPS) is 11.8. The van der Waals surface area contributed by atoms with Crippen molar-refractivity contribution in [3.05, 3.63) is 11.9 Å². The third-order valence-corrected chi connectivity index (χ3v) is 1.90. The first kappa shape index (κ1) is 13.6. The highest BCUT2D eigenvalue weighted by Gasteiger charge is 2.15. The number of imide groups is 1. The van der Waals surface area contributed by atoms with E-state index in [0.717, 1.165) is 4.68 Å². The maximum absolute atomic E-state index is 11.1. The Balaban J connectivity index is 2.55. The largest absolute Gasteiger partial charge is 0.480 e. The van der Waals surface area contributed by atoms with Crippen LogP contribution in [0.3, 0.4) is 0 Å². The molecule has 1 aromatic heterocycles. The van der Waals surface area contributed by atoms with E-state index < -0.39 is 23.9 Å². The lowest BCUT2D eigenvalue weighted by Gasteiger charge is -2.01. The number of aromatic nitrogens is 3. The summed E-state index contributed by atoms with van der Waals surface area (Å²) in [6, 6.07) is -2.05. The van der Waals surface area contributed by atoms with Crippen molar-refractivity contribution in [1.82, 2.24) is 20.3 Å². The number of nitrogens with two attached hydrogens (primary N) is 2. The van der Waals surface area contributed by atoms with E-state index in [1.165, 1.54) is 6.20 Å². The van der Waals surface area contributed by atoms with Crippen LogP contribution in [0.15, 0.2) is 6.20 Å². The van der Waals surface area contributed by atoms with Gasteiger partial charge in [0.15, 0.2) is 0 Å². The summed E-state index contributed by atoms with van der Waals surface area (Å²) in [4.78, 5) is 32.0. The number of urea groups is 1. The number of carboxylic acid groups (broad SMARTS) is 1. The molecule has 3 amide bonds. The van der Waals surface area contributed by atoms with Gasteiger partial charge in [0.05, 0.1) is 5.69 Å². The fourth-order valence-electron chi connectivity index (χ4n) is 1.15. The molecule has 0 saturated heterocycles. The third kappa shape index (κ3) is 4.17. The van der Waals surface area contributed by atoms with Crippen LogP contribution in [0.2, 0.25) is 0 Å². The van der Waals surface area contributed by atoms with Gasteiger partial charge in [-0.05, 0) is 0 Å². The zero-order valence-corrected chi connectivity index (χ0v) is 9.24. The average molecular weight is 256 g/mol. The Kier molecular flexibility index (Phi) is 4.32. The molecule has 0 saturated carbocycles. The van der Waals surface area contributed by atoms with Gasteiger partial charge in [0.2, 0.25) is 5.91 Å². The first-order valence-electron chi connectivity index (χ1n) is 4.85. The molecule has 0 fully saturated rings. The maximum Gasteiger partial charge on any atom is 0.320 e. The second kappa shape index (κ2) is 5.72. The van der Waals surface area contributed by atoms with Gasteiger partial charge in [-0.25, -0.2) is 9.48 Å². The molecule has 1 unspecified atom stereocenters. The van der Waals surface area contributed by atoms with Crippen molar-refractivity contribution in [2.75, 3.05) is 0 Å².